The number of halogens is 2. The highest BCUT2D eigenvalue weighted by Crippen LogP contribution is 2.34. The molecule has 0 aromatic heterocycles. The second-order valence-electron chi connectivity index (χ2n) is 10.4. The summed E-state index contributed by atoms with van der Waals surface area (Å²) in [7, 11) is 3.09. The van der Waals surface area contributed by atoms with E-state index >= 15 is 0 Å². The number of hydrogen-bond donors (Lipinski definition) is 0. The van der Waals surface area contributed by atoms with Crippen LogP contribution in [0.15, 0.2) is 36.4 Å². The zero-order valence-electron chi connectivity index (χ0n) is 24.0. The minimum Gasteiger partial charge on any atom is -0.496 e. The lowest BCUT2D eigenvalue weighted by Crippen LogP contribution is -2.49. The van der Waals surface area contributed by atoms with Crippen molar-refractivity contribution in [1.82, 2.24) is 9.80 Å². The minimum absolute atomic E-state index is 0.0519. The zero-order chi connectivity index (χ0) is 29.4. The zero-order valence-corrected chi connectivity index (χ0v) is 24.0. The molecule has 2 saturated heterocycles. The van der Waals surface area contributed by atoms with Crippen molar-refractivity contribution < 1.29 is 37.3 Å². The molecule has 2 heterocycles. The van der Waals surface area contributed by atoms with Crippen molar-refractivity contribution in [3.63, 3.8) is 0 Å². The Morgan fingerprint density at radius 3 is 2.44 bits per heavy atom. The van der Waals surface area contributed by atoms with E-state index in [0.29, 0.717) is 68.9 Å². The van der Waals surface area contributed by atoms with Gasteiger partial charge in [0.05, 0.1) is 47.0 Å². The molecule has 0 aliphatic carbocycles. The summed E-state index contributed by atoms with van der Waals surface area (Å²) in [6.45, 7) is 4.77. The molecule has 9 nitrogen and oxygen atoms in total. The topological polar surface area (TPSA) is 80.8 Å². The number of benzene rings is 2. The number of nitrogens with zero attached hydrogens (tertiary/aromatic N) is 3. The Balaban J connectivity index is 1.42. The van der Waals surface area contributed by atoms with E-state index < -0.39 is 5.92 Å². The van der Waals surface area contributed by atoms with E-state index in [9.17, 15) is 18.4 Å². The van der Waals surface area contributed by atoms with Crippen molar-refractivity contribution in [2.75, 3.05) is 65.1 Å². The van der Waals surface area contributed by atoms with E-state index in [2.05, 4.69) is 0 Å². The summed E-state index contributed by atoms with van der Waals surface area (Å²) in [4.78, 5) is 31.5. The lowest BCUT2D eigenvalue weighted by atomic mass is 10.1. The van der Waals surface area contributed by atoms with Crippen molar-refractivity contribution >= 4 is 17.6 Å². The number of carbonyl (C=O) groups is 2. The summed E-state index contributed by atoms with van der Waals surface area (Å²) >= 11 is 0. The first-order valence-corrected chi connectivity index (χ1v) is 13.9. The monoisotopic (exact) mass is 575 g/mol. The first-order chi connectivity index (χ1) is 19.7. The molecule has 11 heteroatoms. The van der Waals surface area contributed by atoms with E-state index in [4.69, 9.17) is 18.9 Å². The number of morpholine rings is 1. The van der Waals surface area contributed by atoms with Gasteiger partial charge in [-0.1, -0.05) is 12.1 Å². The number of ether oxygens (including phenoxy) is 4. The second kappa shape index (κ2) is 13.8. The Morgan fingerprint density at radius 1 is 0.976 bits per heavy atom. The van der Waals surface area contributed by atoms with Gasteiger partial charge in [-0.3, -0.25) is 9.69 Å². The fourth-order valence-corrected chi connectivity index (χ4v) is 5.01. The predicted molar refractivity (Wildman–Crippen MR) is 150 cm³/mol. The van der Waals surface area contributed by atoms with Crippen molar-refractivity contribution in [3.05, 3.63) is 47.5 Å². The number of carbonyl (C=O) groups excluding carboxylic acids is 2. The highest BCUT2D eigenvalue weighted by Gasteiger charge is 2.29. The summed E-state index contributed by atoms with van der Waals surface area (Å²) in [5.74, 6) is -1.20. The van der Waals surface area contributed by atoms with Gasteiger partial charge in [-0.15, -0.1) is 0 Å². The van der Waals surface area contributed by atoms with Gasteiger partial charge >= 0.3 is 6.03 Å². The summed E-state index contributed by atoms with van der Waals surface area (Å²) < 4.78 is 48.4. The van der Waals surface area contributed by atoms with Gasteiger partial charge in [-0.25, -0.2) is 13.6 Å². The number of rotatable bonds is 12. The lowest BCUT2D eigenvalue weighted by Gasteiger charge is -2.36. The Bertz CT molecular complexity index is 1200. The van der Waals surface area contributed by atoms with Gasteiger partial charge in [-0.2, -0.15) is 0 Å². The molecule has 41 heavy (non-hydrogen) atoms. The standard InChI is InChI=1S/C30H39F2N3O6/c1-30(31,32)10-4-15-41-27-20-24(8-9-25(27)38-2)35-12-5-11-34(29(35)37)21-23-7-6-22(18-26(23)39-3)19-28(36)33-13-16-40-17-14-33/h6-9,18,20H,4-5,10-17,19,21H2,1-3H3. The fraction of sp³-hybridized carbons (Fsp3) is 0.533. The van der Waals surface area contributed by atoms with E-state index in [-0.39, 0.29) is 37.8 Å². The van der Waals surface area contributed by atoms with Gasteiger partial charge in [0, 0.05) is 49.9 Å². The van der Waals surface area contributed by atoms with Crippen LogP contribution < -0.4 is 19.1 Å². The SMILES string of the molecule is COc1cc(CC(=O)N2CCOCC2)ccc1CN1CCCN(c2ccc(OC)c(OCCCC(C)(F)F)c2)C1=O. The molecule has 0 unspecified atom stereocenters. The van der Waals surface area contributed by atoms with Crippen LogP contribution in [0.1, 0.15) is 37.3 Å². The number of hydrogen-bond acceptors (Lipinski definition) is 6. The molecule has 4 rings (SSSR count). The third-order valence-corrected chi connectivity index (χ3v) is 7.22. The Labute approximate surface area is 239 Å². The van der Waals surface area contributed by atoms with Gasteiger partial charge < -0.3 is 28.7 Å². The Kier molecular flexibility index (Phi) is 10.3. The predicted octanol–water partition coefficient (Wildman–Crippen LogP) is 4.75. The van der Waals surface area contributed by atoms with E-state index in [0.717, 1.165) is 24.5 Å². The Morgan fingerprint density at radius 2 is 1.73 bits per heavy atom. The summed E-state index contributed by atoms with van der Waals surface area (Å²) in [6, 6.07) is 10.7. The number of amides is 3. The normalized spacial score (nSPS) is 16.1. The number of methoxy groups -OCH3 is 2. The number of anilines is 1. The van der Waals surface area contributed by atoms with Crippen molar-refractivity contribution in [1.29, 1.82) is 0 Å². The van der Waals surface area contributed by atoms with Gasteiger partial charge in [0.15, 0.2) is 11.5 Å². The molecule has 0 atom stereocenters. The molecule has 2 aromatic carbocycles. The van der Waals surface area contributed by atoms with E-state index in [1.165, 1.54) is 7.11 Å². The number of alkyl halides is 2. The van der Waals surface area contributed by atoms with Crippen LogP contribution in [-0.4, -0.2) is 87.9 Å². The van der Waals surface area contributed by atoms with Gasteiger partial charge in [0.2, 0.25) is 11.8 Å². The van der Waals surface area contributed by atoms with Gasteiger partial charge in [0.1, 0.15) is 5.75 Å². The van der Waals surface area contributed by atoms with E-state index in [1.807, 2.05) is 23.1 Å². The smallest absolute Gasteiger partial charge is 0.324 e. The van der Waals surface area contributed by atoms with Crippen molar-refractivity contribution in [2.24, 2.45) is 0 Å². The summed E-state index contributed by atoms with van der Waals surface area (Å²) in [5, 5.41) is 0. The first kappa shape index (κ1) is 30.4. The average Bonchev–Trinajstić information content (AvgIpc) is 2.97. The first-order valence-electron chi connectivity index (χ1n) is 13.9. The van der Waals surface area contributed by atoms with E-state index in [1.54, 1.807) is 35.1 Å². The second-order valence-corrected chi connectivity index (χ2v) is 10.4. The molecule has 2 aliphatic rings. The van der Waals surface area contributed by atoms with Crippen LogP contribution in [-0.2, 0) is 22.5 Å². The van der Waals surface area contributed by atoms with Crippen LogP contribution >= 0.6 is 0 Å². The highest BCUT2D eigenvalue weighted by atomic mass is 19.3. The third kappa shape index (κ3) is 8.22. The van der Waals surface area contributed by atoms with Gasteiger partial charge in [-0.05, 0) is 43.5 Å². The molecule has 0 spiro atoms. The minimum atomic E-state index is -2.75. The van der Waals surface area contributed by atoms with Crippen LogP contribution in [0.25, 0.3) is 0 Å². The van der Waals surface area contributed by atoms with Crippen LogP contribution in [0.4, 0.5) is 19.3 Å². The van der Waals surface area contributed by atoms with Crippen molar-refractivity contribution in [2.45, 2.75) is 45.1 Å². The largest absolute Gasteiger partial charge is 0.496 e. The highest BCUT2D eigenvalue weighted by molar-refractivity contribution is 5.93. The molecule has 0 bridgehead atoms. The van der Waals surface area contributed by atoms with Crippen molar-refractivity contribution in [3.8, 4) is 17.2 Å². The van der Waals surface area contributed by atoms with Crippen LogP contribution in [0, 0.1) is 0 Å². The molecule has 2 fully saturated rings. The molecule has 0 radical (unpaired) electrons. The third-order valence-electron chi connectivity index (χ3n) is 7.22. The summed E-state index contributed by atoms with van der Waals surface area (Å²) in [5.41, 5.74) is 2.33. The molecule has 224 valence electrons. The molecule has 2 aromatic rings. The molecule has 3 amide bonds. The molecular weight excluding hydrogens is 536 g/mol. The fourth-order valence-electron chi connectivity index (χ4n) is 5.01. The maximum atomic E-state index is 13.5. The summed E-state index contributed by atoms with van der Waals surface area (Å²) in [6.07, 6.45) is 0.947. The molecular formula is C30H39F2N3O6. The lowest BCUT2D eigenvalue weighted by molar-refractivity contribution is -0.134. The van der Waals surface area contributed by atoms with Gasteiger partial charge in [0.25, 0.3) is 0 Å². The maximum absolute atomic E-state index is 13.5. The van der Waals surface area contributed by atoms with Crippen LogP contribution in [0.5, 0.6) is 17.2 Å². The van der Waals surface area contributed by atoms with Crippen LogP contribution in [0.2, 0.25) is 0 Å². The quantitative estimate of drug-likeness (QED) is 0.340. The molecule has 0 saturated carbocycles. The van der Waals surface area contributed by atoms with Crippen LogP contribution in [0.3, 0.4) is 0 Å². The maximum Gasteiger partial charge on any atom is 0.324 e. The number of urea groups is 1. The Hall–Kier alpha value is -3.60. The molecule has 2 aliphatic heterocycles. The molecule has 0 N–H and O–H groups in total. The average molecular weight is 576 g/mol.